The topological polar surface area (TPSA) is 97.4 Å². The Hall–Kier alpha value is -2.89. The van der Waals surface area contributed by atoms with E-state index in [0.29, 0.717) is 29.7 Å². The molecule has 0 aliphatic heterocycles. The van der Waals surface area contributed by atoms with Crippen LogP contribution >= 0.6 is 0 Å². The van der Waals surface area contributed by atoms with Gasteiger partial charge in [-0.15, -0.1) is 6.42 Å². The average Bonchev–Trinajstić information content (AvgIpc) is 2.78. The minimum Gasteiger partial charge on any atom is -0.489 e. The van der Waals surface area contributed by atoms with Crippen LogP contribution in [0.4, 0.5) is 5.82 Å². The Morgan fingerprint density at radius 1 is 1.17 bits per heavy atom. The third kappa shape index (κ3) is 5.81. The monoisotopic (exact) mass is 427 g/mol. The number of rotatable bonds is 8. The summed E-state index contributed by atoms with van der Waals surface area (Å²) >= 11 is 0. The van der Waals surface area contributed by atoms with Gasteiger partial charge in [0.05, 0.1) is 18.0 Å². The van der Waals surface area contributed by atoms with Gasteiger partial charge >= 0.3 is 0 Å². The van der Waals surface area contributed by atoms with Crippen molar-refractivity contribution < 1.29 is 17.9 Å². The van der Waals surface area contributed by atoms with Crippen LogP contribution in [0, 0.1) is 18.3 Å². The number of ether oxygens (including phenoxy) is 1. The van der Waals surface area contributed by atoms with Gasteiger partial charge in [0.1, 0.15) is 0 Å². The zero-order valence-electron chi connectivity index (χ0n) is 16.6. The maximum absolute atomic E-state index is 12.6. The van der Waals surface area contributed by atoms with E-state index in [9.17, 15) is 13.2 Å². The summed E-state index contributed by atoms with van der Waals surface area (Å²) in [5, 5.41) is 2.74. The molecule has 1 aromatic carbocycles. The Morgan fingerprint density at radius 2 is 1.90 bits per heavy atom. The molecule has 2 aromatic rings. The predicted molar refractivity (Wildman–Crippen MR) is 115 cm³/mol. The van der Waals surface area contributed by atoms with Crippen molar-refractivity contribution in [3.63, 3.8) is 0 Å². The van der Waals surface area contributed by atoms with Gasteiger partial charge in [0, 0.05) is 11.8 Å². The Balaban J connectivity index is 1.65. The quantitative estimate of drug-likeness (QED) is 0.631. The van der Waals surface area contributed by atoms with E-state index in [4.69, 9.17) is 11.2 Å². The van der Waals surface area contributed by atoms with Crippen LogP contribution in [0.25, 0.3) is 0 Å². The van der Waals surface area contributed by atoms with Crippen LogP contribution < -0.4 is 14.8 Å². The molecule has 0 spiro atoms. The molecule has 3 rings (SSSR count). The van der Waals surface area contributed by atoms with Crippen LogP contribution in [0.5, 0.6) is 5.75 Å². The van der Waals surface area contributed by atoms with Crippen molar-refractivity contribution >= 4 is 21.7 Å². The van der Waals surface area contributed by atoms with Crippen molar-refractivity contribution in [2.75, 3.05) is 18.5 Å². The molecule has 2 N–H and O–H groups in total. The van der Waals surface area contributed by atoms with Crippen LogP contribution in [0.1, 0.15) is 42.5 Å². The highest BCUT2D eigenvalue weighted by Gasteiger charge is 2.17. The van der Waals surface area contributed by atoms with Crippen molar-refractivity contribution in [2.24, 2.45) is 5.92 Å². The fourth-order valence-corrected chi connectivity index (χ4v) is 4.28. The number of hydrogen-bond donors (Lipinski definition) is 2. The smallest absolute Gasteiger partial charge is 0.256 e. The second-order valence-corrected chi connectivity index (χ2v) is 8.94. The van der Waals surface area contributed by atoms with Crippen LogP contribution in [0.15, 0.2) is 47.5 Å². The molecule has 8 heteroatoms. The molecule has 1 fully saturated rings. The van der Waals surface area contributed by atoms with Gasteiger partial charge in [-0.3, -0.25) is 4.79 Å². The molecule has 1 heterocycles. The molecule has 0 bridgehead atoms. The number of aromatic nitrogens is 1. The van der Waals surface area contributed by atoms with Crippen molar-refractivity contribution in [1.82, 2.24) is 9.71 Å². The van der Waals surface area contributed by atoms with Gasteiger partial charge in [-0.1, -0.05) is 25.2 Å². The second kappa shape index (κ2) is 10.2. The minimum atomic E-state index is -3.71. The number of pyridine rings is 1. The van der Waals surface area contributed by atoms with Gasteiger partial charge in [0.15, 0.2) is 11.6 Å². The first-order valence-electron chi connectivity index (χ1n) is 9.92. The zero-order chi connectivity index (χ0) is 21.4. The van der Waals surface area contributed by atoms with Gasteiger partial charge in [-0.2, -0.15) is 4.72 Å². The molecule has 1 saturated carbocycles. The fourth-order valence-electron chi connectivity index (χ4n) is 3.35. The first-order chi connectivity index (χ1) is 14.5. The van der Waals surface area contributed by atoms with Gasteiger partial charge in [0.25, 0.3) is 5.91 Å². The zero-order valence-corrected chi connectivity index (χ0v) is 17.5. The van der Waals surface area contributed by atoms with Crippen LogP contribution in [0.2, 0.25) is 0 Å². The molecule has 30 heavy (non-hydrogen) atoms. The molecule has 7 nitrogen and oxygen atoms in total. The van der Waals surface area contributed by atoms with Gasteiger partial charge in [-0.05, 0) is 55.2 Å². The molecule has 1 amide bonds. The lowest BCUT2D eigenvalue weighted by molar-refractivity contribution is 0.102. The van der Waals surface area contributed by atoms with E-state index >= 15 is 0 Å². The highest BCUT2D eigenvalue weighted by molar-refractivity contribution is 7.89. The number of sulfonamides is 1. The highest BCUT2D eigenvalue weighted by atomic mass is 32.2. The summed E-state index contributed by atoms with van der Waals surface area (Å²) in [4.78, 5) is 16.9. The molecule has 1 aliphatic carbocycles. The number of carbonyl (C=O) groups is 1. The van der Waals surface area contributed by atoms with Gasteiger partial charge in [-0.25, -0.2) is 13.4 Å². The summed E-state index contributed by atoms with van der Waals surface area (Å²) in [6.45, 7) is 0.500. The maximum atomic E-state index is 12.6. The number of nitrogens with one attached hydrogen (secondary N) is 2. The Morgan fingerprint density at radius 3 is 2.60 bits per heavy atom. The van der Waals surface area contributed by atoms with E-state index in [2.05, 4.69) is 20.9 Å². The predicted octanol–water partition coefficient (Wildman–Crippen LogP) is 3.20. The molecule has 1 aromatic heterocycles. The van der Waals surface area contributed by atoms with Gasteiger partial charge < -0.3 is 10.1 Å². The molecule has 0 unspecified atom stereocenters. The fraction of sp³-hybridized carbons (Fsp3) is 0.364. The summed E-state index contributed by atoms with van der Waals surface area (Å²) in [6, 6.07) is 9.11. The van der Waals surface area contributed by atoms with Crippen molar-refractivity contribution in [3.05, 3.63) is 48.2 Å². The molecule has 1 aliphatic rings. The summed E-state index contributed by atoms with van der Waals surface area (Å²) < 4.78 is 32.4. The summed E-state index contributed by atoms with van der Waals surface area (Å²) in [5.41, 5.74) is 0.301. The maximum Gasteiger partial charge on any atom is 0.256 e. The number of benzene rings is 1. The number of anilines is 1. The third-order valence-corrected chi connectivity index (χ3v) is 6.41. The summed E-state index contributed by atoms with van der Waals surface area (Å²) in [5.74, 6) is 3.20. The molecule has 158 valence electrons. The standard InChI is InChI=1S/C22H25N3O4S/c1-2-14-24-30(27,28)19-12-10-18(11-13-19)22(26)25-21-20(9-6-15-23-21)29-16-17-7-4-3-5-8-17/h1,6,9-13,15,17,24H,3-5,7-8,14,16H2,(H,23,25,26). The molecule has 0 radical (unpaired) electrons. The van der Waals surface area contributed by atoms with Crippen molar-refractivity contribution in [1.29, 1.82) is 0 Å². The Labute approximate surface area is 177 Å². The van der Waals surface area contributed by atoms with E-state index in [1.807, 2.05) is 0 Å². The lowest BCUT2D eigenvalue weighted by atomic mass is 9.90. The number of amides is 1. The number of nitrogens with zero attached hydrogens (tertiary/aromatic N) is 1. The number of terminal acetylenes is 1. The van der Waals surface area contributed by atoms with E-state index in [1.54, 1.807) is 18.3 Å². The largest absolute Gasteiger partial charge is 0.489 e. The first-order valence-corrected chi connectivity index (χ1v) is 11.4. The summed E-state index contributed by atoms with van der Waals surface area (Å²) in [7, 11) is -3.71. The van der Waals surface area contributed by atoms with Crippen molar-refractivity contribution in [3.8, 4) is 18.1 Å². The number of hydrogen-bond acceptors (Lipinski definition) is 5. The minimum absolute atomic E-state index is 0.0311. The van der Waals surface area contributed by atoms with E-state index in [1.165, 1.54) is 43.5 Å². The SMILES string of the molecule is C#CCNS(=O)(=O)c1ccc(C(=O)Nc2ncccc2OCC2CCCCC2)cc1. The third-order valence-electron chi connectivity index (χ3n) is 4.99. The normalized spacial score (nSPS) is 14.6. The first kappa shape index (κ1) is 21.8. The molecule has 0 saturated heterocycles. The average molecular weight is 428 g/mol. The number of carbonyl (C=O) groups excluding carboxylic acids is 1. The van der Waals surface area contributed by atoms with Gasteiger partial charge in [0.2, 0.25) is 10.0 Å². The van der Waals surface area contributed by atoms with Crippen LogP contribution in [0.3, 0.4) is 0 Å². The lowest BCUT2D eigenvalue weighted by Gasteiger charge is -2.22. The van der Waals surface area contributed by atoms with Crippen LogP contribution in [-0.4, -0.2) is 32.5 Å². The highest BCUT2D eigenvalue weighted by Crippen LogP contribution is 2.27. The second-order valence-electron chi connectivity index (χ2n) is 7.17. The lowest BCUT2D eigenvalue weighted by Crippen LogP contribution is -2.24. The Kier molecular flexibility index (Phi) is 7.44. The molecular weight excluding hydrogens is 402 g/mol. The van der Waals surface area contributed by atoms with Crippen molar-refractivity contribution in [2.45, 2.75) is 37.0 Å². The molecular formula is C22H25N3O4S. The Bertz CT molecular complexity index is 1010. The molecule has 0 atom stereocenters. The van der Waals surface area contributed by atoms with Crippen LogP contribution in [-0.2, 0) is 10.0 Å². The van der Waals surface area contributed by atoms with E-state index in [0.717, 1.165) is 12.8 Å². The van der Waals surface area contributed by atoms with E-state index < -0.39 is 15.9 Å². The summed E-state index contributed by atoms with van der Waals surface area (Å²) in [6.07, 6.45) is 12.7. The van der Waals surface area contributed by atoms with E-state index in [-0.39, 0.29) is 11.4 Å².